The molecule has 0 radical (unpaired) electrons. The minimum atomic E-state index is 1.16. The van der Waals surface area contributed by atoms with E-state index in [2.05, 4.69) is 62.0 Å². The van der Waals surface area contributed by atoms with Crippen molar-refractivity contribution in [1.29, 1.82) is 0 Å². The van der Waals surface area contributed by atoms with E-state index in [-0.39, 0.29) is 0 Å². The van der Waals surface area contributed by atoms with Crippen molar-refractivity contribution in [3.8, 4) is 0 Å². The molecule has 3 rings (SSSR count). The largest absolute Gasteiger partial charge is 0.0984 e. The molecule has 0 fully saturated rings. The van der Waals surface area contributed by atoms with Gasteiger partial charge in [0, 0.05) is 0 Å². The Morgan fingerprint density at radius 2 is 1.64 bits per heavy atom. The molecular weight excluding hydrogens is 264 g/mol. The van der Waals surface area contributed by atoms with E-state index in [1.165, 1.54) is 58.4 Å². The molecule has 0 aliphatic heterocycles. The molecule has 112 valence electrons. The van der Waals surface area contributed by atoms with Crippen molar-refractivity contribution in [2.45, 2.75) is 39.0 Å². The van der Waals surface area contributed by atoms with Crippen LogP contribution < -0.4 is 0 Å². The van der Waals surface area contributed by atoms with E-state index in [0.29, 0.717) is 0 Å². The van der Waals surface area contributed by atoms with Crippen molar-refractivity contribution < 1.29 is 0 Å². The zero-order chi connectivity index (χ0) is 15.4. The number of unbranched alkanes of at least 4 members (excludes halogenated alkanes) is 3. The van der Waals surface area contributed by atoms with Gasteiger partial charge in [-0.3, -0.25) is 0 Å². The van der Waals surface area contributed by atoms with E-state index in [4.69, 9.17) is 0 Å². The fraction of sp³-hybridized carbons (Fsp3) is 0.273. The Bertz CT molecular complexity index is 796. The Morgan fingerprint density at radius 3 is 2.36 bits per heavy atom. The summed E-state index contributed by atoms with van der Waals surface area (Å²) in [6.07, 6.45) is 8.41. The standard InChI is InChI=1S/C22H24/c1-3-5-6-7-10-17-13-14-20-15-18-11-8-9-12-19(18)16-22(20)21(17)4-2/h4,8-9,11-16H,2-3,5-7,10H2,1H3. The monoisotopic (exact) mass is 288 g/mol. The molecule has 0 N–H and O–H groups in total. The predicted octanol–water partition coefficient (Wildman–Crippen LogP) is 6.76. The first-order chi connectivity index (χ1) is 10.8. The van der Waals surface area contributed by atoms with Crippen molar-refractivity contribution in [2.24, 2.45) is 0 Å². The van der Waals surface area contributed by atoms with E-state index < -0.39 is 0 Å². The molecule has 0 spiro atoms. The first-order valence-electron chi connectivity index (χ1n) is 8.40. The van der Waals surface area contributed by atoms with Gasteiger partial charge in [-0.05, 0) is 57.6 Å². The zero-order valence-electron chi connectivity index (χ0n) is 13.4. The van der Waals surface area contributed by atoms with Crippen molar-refractivity contribution in [2.75, 3.05) is 0 Å². The number of aryl methyl sites for hydroxylation is 1. The Balaban J connectivity index is 2.03. The molecule has 0 saturated heterocycles. The van der Waals surface area contributed by atoms with Crippen LogP contribution in [0.3, 0.4) is 0 Å². The van der Waals surface area contributed by atoms with Gasteiger partial charge in [-0.1, -0.05) is 75.2 Å². The number of fused-ring (bicyclic) bond motifs is 2. The first kappa shape index (κ1) is 14.8. The third-order valence-corrected chi connectivity index (χ3v) is 4.52. The summed E-state index contributed by atoms with van der Waals surface area (Å²) in [4.78, 5) is 0. The average molecular weight is 288 g/mol. The van der Waals surface area contributed by atoms with Crippen molar-refractivity contribution >= 4 is 27.6 Å². The molecular formula is C22H24. The normalized spacial score (nSPS) is 11.1. The summed E-state index contributed by atoms with van der Waals surface area (Å²) < 4.78 is 0. The molecule has 0 heterocycles. The summed E-state index contributed by atoms with van der Waals surface area (Å²) in [6, 6.07) is 17.7. The fourth-order valence-electron chi connectivity index (χ4n) is 3.28. The summed E-state index contributed by atoms with van der Waals surface area (Å²) in [7, 11) is 0. The van der Waals surface area contributed by atoms with Crippen LogP contribution in [0.25, 0.3) is 27.6 Å². The summed E-state index contributed by atoms with van der Waals surface area (Å²) in [5, 5.41) is 5.26. The van der Waals surface area contributed by atoms with Crippen LogP contribution in [0.1, 0.15) is 43.7 Å². The zero-order valence-corrected chi connectivity index (χ0v) is 13.4. The molecule has 0 aliphatic carbocycles. The van der Waals surface area contributed by atoms with Gasteiger partial charge in [0.2, 0.25) is 0 Å². The van der Waals surface area contributed by atoms with Crippen LogP contribution in [0.5, 0.6) is 0 Å². The van der Waals surface area contributed by atoms with Crippen LogP contribution in [0.2, 0.25) is 0 Å². The van der Waals surface area contributed by atoms with Gasteiger partial charge in [-0.25, -0.2) is 0 Å². The van der Waals surface area contributed by atoms with Crippen molar-refractivity contribution in [1.82, 2.24) is 0 Å². The molecule has 0 saturated carbocycles. The molecule has 0 atom stereocenters. The van der Waals surface area contributed by atoms with Crippen LogP contribution in [-0.4, -0.2) is 0 Å². The molecule has 0 unspecified atom stereocenters. The summed E-state index contributed by atoms with van der Waals surface area (Å²) >= 11 is 0. The summed E-state index contributed by atoms with van der Waals surface area (Å²) in [5.74, 6) is 0. The lowest BCUT2D eigenvalue weighted by atomic mass is 9.93. The third kappa shape index (κ3) is 2.92. The highest BCUT2D eigenvalue weighted by atomic mass is 14.1. The van der Waals surface area contributed by atoms with E-state index in [9.17, 15) is 0 Å². The van der Waals surface area contributed by atoms with Crippen LogP contribution in [0.15, 0.2) is 55.1 Å². The van der Waals surface area contributed by atoms with Gasteiger partial charge in [-0.15, -0.1) is 0 Å². The first-order valence-corrected chi connectivity index (χ1v) is 8.40. The highest BCUT2D eigenvalue weighted by molar-refractivity contribution is 6.02. The quantitative estimate of drug-likeness (QED) is 0.347. The molecule has 3 aromatic carbocycles. The van der Waals surface area contributed by atoms with Crippen LogP contribution in [0, 0.1) is 0 Å². The van der Waals surface area contributed by atoms with Crippen LogP contribution in [0.4, 0.5) is 0 Å². The number of hydrogen-bond donors (Lipinski definition) is 0. The van der Waals surface area contributed by atoms with Gasteiger partial charge in [0.05, 0.1) is 0 Å². The molecule has 3 aromatic rings. The van der Waals surface area contributed by atoms with Gasteiger partial charge in [-0.2, -0.15) is 0 Å². The smallest absolute Gasteiger partial charge is 0.0102 e. The van der Waals surface area contributed by atoms with Crippen molar-refractivity contribution in [3.05, 3.63) is 66.2 Å². The van der Waals surface area contributed by atoms with E-state index >= 15 is 0 Å². The number of benzene rings is 3. The Kier molecular flexibility index (Phi) is 4.58. The van der Waals surface area contributed by atoms with Crippen molar-refractivity contribution in [3.63, 3.8) is 0 Å². The van der Waals surface area contributed by atoms with E-state index in [1.807, 2.05) is 6.08 Å². The lowest BCUT2D eigenvalue weighted by molar-refractivity contribution is 0.667. The molecule has 0 aromatic heterocycles. The van der Waals surface area contributed by atoms with Gasteiger partial charge in [0.25, 0.3) is 0 Å². The van der Waals surface area contributed by atoms with E-state index in [0.717, 1.165) is 6.42 Å². The second kappa shape index (κ2) is 6.79. The summed E-state index contributed by atoms with van der Waals surface area (Å²) in [6.45, 7) is 6.33. The highest BCUT2D eigenvalue weighted by Gasteiger charge is 2.06. The molecule has 0 bridgehead atoms. The Morgan fingerprint density at radius 1 is 0.864 bits per heavy atom. The average Bonchev–Trinajstić information content (AvgIpc) is 2.56. The van der Waals surface area contributed by atoms with E-state index in [1.54, 1.807) is 0 Å². The second-order valence-electron chi connectivity index (χ2n) is 6.07. The predicted molar refractivity (Wildman–Crippen MR) is 99.4 cm³/mol. The molecule has 0 aliphatic rings. The Labute approximate surface area is 133 Å². The molecule has 22 heavy (non-hydrogen) atoms. The maximum absolute atomic E-state index is 4.07. The Hall–Kier alpha value is -2.08. The lowest BCUT2D eigenvalue weighted by Crippen LogP contribution is -1.92. The second-order valence-corrected chi connectivity index (χ2v) is 6.07. The minimum absolute atomic E-state index is 1.16. The minimum Gasteiger partial charge on any atom is -0.0984 e. The maximum atomic E-state index is 4.07. The molecule has 0 amide bonds. The SMILES string of the molecule is C=Cc1c(CCCCCC)ccc2cc3ccccc3cc12. The third-order valence-electron chi connectivity index (χ3n) is 4.52. The maximum Gasteiger partial charge on any atom is -0.0102 e. The lowest BCUT2D eigenvalue weighted by Gasteiger charge is -2.11. The fourth-order valence-corrected chi connectivity index (χ4v) is 3.28. The number of rotatable bonds is 6. The summed E-state index contributed by atoms with van der Waals surface area (Å²) in [5.41, 5.74) is 2.76. The van der Waals surface area contributed by atoms with Crippen LogP contribution >= 0.6 is 0 Å². The van der Waals surface area contributed by atoms with Gasteiger partial charge in [0.1, 0.15) is 0 Å². The van der Waals surface area contributed by atoms with Gasteiger partial charge in [0.15, 0.2) is 0 Å². The molecule has 0 nitrogen and oxygen atoms in total. The van der Waals surface area contributed by atoms with Crippen LogP contribution in [-0.2, 0) is 6.42 Å². The van der Waals surface area contributed by atoms with Gasteiger partial charge < -0.3 is 0 Å². The number of hydrogen-bond acceptors (Lipinski definition) is 0. The molecule has 0 heteroatoms. The van der Waals surface area contributed by atoms with Gasteiger partial charge >= 0.3 is 0 Å². The highest BCUT2D eigenvalue weighted by Crippen LogP contribution is 2.29. The topological polar surface area (TPSA) is 0 Å².